The molecule has 9 heteroatoms. The normalized spacial score (nSPS) is 20.0. The molecule has 0 aliphatic carbocycles. The van der Waals surface area contributed by atoms with Gasteiger partial charge in [0.1, 0.15) is 5.82 Å². The van der Waals surface area contributed by atoms with Gasteiger partial charge in [-0.1, -0.05) is 0 Å². The lowest BCUT2D eigenvalue weighted by Crippen LogP contribution is -2.47. The van der Waals surface area contributed by atoms with Crippen LogP contribution in [0, 0.1) is 5.82 Å². The molecule has 0 radical (unpaired) electrons. The van der Waals surface area contributed by atoms with Crippen LogP contribution in [0.2, 0.25) is 0 Å². The Bertz CT molecular complexity index is 955. The van der Waals surface area contributed by atoms with Gasteiger partial charge in [-0.05, 0) is 62.4 Å². The number of amides is 1. The zero-order chi connectivity index (χ0) is 21.7. The lowest BCUT2D eigenvalue weighted by molar-refractivity contribution is -0.0672. The number of anilines is 1. The monoisotopic (exact) mass is 435 g/mol. The van der Waals surface area contributed by atoms with E-state index < -0.39 is 15.8 Å². The highest BCUT2D eigenvalue weighted by molar-refractivity contribution is 7.92. The molecule has 0 bridgehead atoms. The maximum Gasteiger partial charge on any atom is 0.261 e. The number of hydrogen-bond acceptors (Lipinski definition) is 5. The maximum absolute atomic E-state index is 13.0. The standard InChI is InChI=1S/C21H26FN3O4S/c1-15-13-25(14-16(2)29-15)12-11-23-21(26)17-3-7-19(8-4-17)24-30(27,28)20-9-5-18(22)6-10-20/h3-10,15-16,24H,11-14H2,1-2H3,(H,23,26). The summed E-state index contributed by atoms with van der Waals surface area (Å²) in [5.41, 5.74) is 0.746. The molecule has 0 saturated carbocycles. The van der Waals surface area contributed by atoms with Crippen molar-refractivity contribution in [3.63, 3.8) is 0 Å². The van der Waals surface area contributed by atoms with E-state index in [2.05, 4.69) is 14.9 Å². The van der Waals surface area contributed by atoms with Crippen molar-refractivity contribution in [2.75, 3.05) is 30.9 Å². The number of rotatable bonds is 7. The second kappa shape index (κ2) is 9.55. The third kappa shape index (κ3) is 6.01. The number of nitrogens with zero attached hydrogens (tertiary/aromatic N) is 1. The molecule has 3 rings (SSSR count). The first-order valence-corrected chi connectivity index (χ1v) is 11.3. The first-order valence-electron chi connectivity index (χ1n) is 9.77. The highest BCUT2D eigenvalue weighted by atomic mass is 32.2. The van der Waals surface area contributed by atoms with E-state index in [9.17, 15) is 17.6 Å². The fraction of sp³-hybridized carbons (Fsp3) is 0.381. The summed E-state index contributed by atoms with van der Waals surface area (Å²) in [6.45, 7) is 6.99. The van der Waals surface area contributed by atoms with Gasteiger partial charge in [0.05, 0.1) is 17.1 Å². The van der Waals surface area contributed by atoms with Gasteiger partial charge in [-0.2, -0.15) is 0 Å². The molecule has 1 aliphatic heterocycles. The van der Waals surface area contributed by atoms with Gasteiger partial charge in [0.2, 0.25) is 0 Å². The third-order valence-electron chi connectivity index (χ3n) is 4.73. The summed E-state index contributed by atoms with van der Waals surface area (Å²) >= 11 is 0. The van der Waals surface area contributed by atoms with E-state index in [0.29, 0.717) is 17.8 Å². The van der Waals surface area contributed by atoms with Crippen molar-refractivity contribution in [3.05, 3.63) is 59.9 Å². The first kappa shape index (κ1) is 22.2. The van der Waals surface area contributed by atoms with Crippen LogP contribution in [-0.4, -0.2) is 57.6 Å². The van der Waals surface area contributed by atoms with Crippen molar-refractivity contribution in [2.24, 2.45) is 0 Å². The largest absolute Gasteiger partial charge is 0.373 e. The summed E-state index contributed by atoms with van der Waals surface area (Å²) in [5, 5.41) is 2.88. The maximum atomic E-state index is 13.0. The summed E-state index contributed by atoms with van der Waals surface area (Å²) in [5.74, 6) is -0.737. The second-order valence-corrected chi connectivity index (χ2v) is 9.09. The molecule has 0 spiro atoms. The van der Waals surface area contributed by atoms with E-state index in [1.807, 2.05) is 13.8 Å². The molecule has 7 nitrogen and oxygen atoms in total. The fourth-order valence-corrected chi connectivity index (χ4v) is 4.47. The van der Waals surface area contributed by atoms with Crippen LogP contribution in [0.5, 0.6) is 0 Å². The molecular formula is C21H26FN3O4S. The minimum atomic E-state index is -3.83. The topological polar surface area (TPSA) is 87.7 Å². The Morgan fingerprint density at radius 2 is 1.67 bits per heavy atom. The molecule has 2 atom stereocenters. The average molecular weight is 436 g/mol. The van der Waals surface area contributed by atoms with Crippen molar-refractivity contribution in [1.82, 2.24) is 10.2 Å². The quantitative estimate of drug-likeness (QED) is 0.698. The summed E-state index contributed by atoms with van der Waals surface area (Å²) in [4.78, 5) is 14.5. The molecule has 0 aromatic heterocycles. The number of ether oxygens (including phenoxy) is 1. The van der Waals surface area contributed by atoms with E-state index in [1.165, 1.54) is 24.3 Å². The van der Waals surface area contributed by atoms with Crippen molar-refractivity contribution in [1.29, 1.82) is 0 Å². The van der Waals surface area contributed by atoms with E-state index in [0.717, 1.165) is 31.8 Å². The highest BCUT2D eigenvalue weighted by Crippen LogP contribution is 2.17. The van der Waals surface area contributed by atoms with Gasteiger partial charge in [-0.25, -0.2) is 12.8 Å². The Balaban J connectivity index is 1.52. The Morgan fingerprint density at radius 1 is 1.07 bits per heavy atom. The third-order valence-corrected chi connectivity index (χ3v) is 6.13. The predicted octanol–water partition coefficient (Wildman–Crippen LogP) is 2.47. The number of benzene rings is 2. The Labute approximate surface area is 176 Å². The molecule has 1 fully saturated rings. The van der Waals surface area contributed by atoms with Crippen LogP contribution in [0.1, 0.15) is 24.2 Å². The van der Waals surface area contributed by atoms with Gasteiger partial charge in [0, 0.05) is 37.4 Å². The number of halogens is 1. The number of morpholine rings is 1. The number of sulfonamides is 1. The molecule has 1 heterocycles. The lowest BCUT2D eigenvalue weighted by Gasteiger charge is -2.35. The predicted molar refractivity (Wildman–Crippen MR) is 112 cm³/mol. The van der Waals surface area contributed by atoms with Crippen LogP contribution in [0.3, 0.4) is 0 Å². The van der Waals surface area contributed by atoms with E-state index >= 15 is 0 Å². The van der Waals surface area contributed by atoms with Gasteiger partial charge in [0.15, 0.2) is 0 Å². The van der Waals surface area contributed by atoms with Gasteiger partial charge < -0.3 is 10.1 Å². The molecule has 2 N–H and O–H groups in total. The average Bonchev–Trinajstić information content (AvgIpc) is 2.68. The number of nitrogens with one attached hydrogen (secondary N) is 2. The van der Waals surface area contributed by atoms with Gasteiger partial charge >= 0.3 is 0 Å². The van der Waals surface area contributed by atoms with Crippen LogP contribution < -0.4 is 10.0 Å². The molecule has 1 saturated heterocycles. The SMILES string of the molecule is CC1CN(CCNC(=O)c2ccc(NS(=O)(=O)c3ccc(F)cc3)cc2)CC(C)O1. The summed E-state index contributed by atoms with van der Waals surface area (Å²) in [6, 6.07) is 10.7. The second-order valence-electron chi connectivity index (χ2n) is 7.41. The van der Waals surface area contributed by atoms with Gasteiger partial charge in [-0.15, -0.1) is 0 Å². The molecule has 30 heavy (non-hydrogen) atoms. The molecule has 1 aliphatic rings. The van der Waals surface area contributed by atoms with E-state index in [4.69, 9.17) is 4.74 Å². The molecule has 1 amide bonds. The van der Waals surface area contributed by atoms with Gasteiger partial charge in [0.25, 0.3) is 15.9 Å². The minimum Gasteiger partial charge on any atom is -0.373 e. The number of carbonyl (C=O) groups excluding carboxylic acids is 1. The van der Waals surface area contributed by atoms with Gasteiger partial charge in [-0.3, -0.25) is 14.4 Å². The Kier molecular flexibility index (Phi) is 7.06. The van der Waals surface area contributed by atoms with Crippen LogP contribution >= 0.6 is 0 Å². The molecule has 2 aromatic carbocycles. The molecular weight excluding hydrogens is 409 g/mol. The lowest BCUT2D eigenvalue weighted by atomic mass is 10.2. The van der Waals surface area contributed by atoms with E-state index in [-0.39, 0.29) is 23.0 Å². The molecule has 2 aromatic rings. The Hall–Kier alpha value is -2.49. The van der Waals surface area contributed by atoms with Crippen LogP contribution in [-0.2, 0) is 14.8 Å². The highest BCUT2D eigenvalue weighted by Gasteiger charge is 2.21. The van der Waals surface area contributed by atoms with Crippen LogP contribution in [0.15, 0.2) is 53.4 Å². The number of hydrogen-bond donors (Lipinski definition) is 2. The van der Waals surface area contributed by atoms with Crippen molar-refractivity contribution in [3.8, 4) is 0 Å². The molecule has 2 unspecified atom stereocenters. The van der Waals surface area contributed by atoms with Crippen molar-refractivity contribution >= 4 is 21.6 Å². The molecule has 162 valence electrons. The minimum absolute atomic E-state index is 0.0440. The van der Waals surface area contributed by atoms with Crippen molar-refractivity contribution < 1.29 is 22.3 Å². The summed E-state index contributed by atoms with van der Waals surface area (Å²) in [6.07, 6.45) is 0.353. The van der Waals surface area contributed by atoms with Crippen LogP contribution in [0.25, 0.3) is 0 Å². The van der Waals surface area contributed by atoms with E-state index in [1.54, 1.807) is 12.1 Å². The first-order chi connectivity index (χ1) is 14.2. The van der Waals surface area contributed by atoms with Crippen LogP contribution in [0.4, 0.5) is 10.1 Å². The zero-order valence-electron chi connectivity index (χ0n) is 17.0. The summed E-state index contributed by atoms with van der Waals surface area (Å²) in [7, 11) is -3.83. The smallest absolute Gasteiger partial charge is 0.261 e. The Morgan fingerprint density at radius 3 is 2.27 bits per heavy atom. The summed E-state index contributed by atoms with van der Waals surface area (Å²) < 4.78 is 45.8. The fourth-order valence-electron chi connectivity index (χ4n) is 3.41. The zero-order valence-corrected chi connectivity index (χ0v) is 17.8. The number of carbonyl (C=O) groups is 1. The van der Waals surface area contributed by atoms with Crippen molar-refractivity contribution in [2.45, 2.75) is 31.0 Å².